The smallest absolute Gasteiger partial charge is 0.171 e. The molecule has 0 bridgehead atoms. The van der Waals surface area contributed by atoms with E-state index in [1.165, 1.54) is 0 Å². The van der Waals surface area contributed by atoms with Crippen LogP contribution in [0, 0.1) is 5.41 Å². The topological polar surface area (TPSA) is 70.1 Å². The average Bonchev–Trinajstić information content (AvgIpc) is 2.39. The Morgan fingerprint density at radius 3 is 1.50 bits per heavy atom. The highest BCUT2D eigenvalue weighted by Gasteiger charge is 2.34. The lowest BCUT2D eigenvalue weighted by molar-refractivity contribution is 0.153. The molecule has 0 aliphatic rings. The van der Waals surface area contributed by atoms with Gasteiger partial charge in [-0.2, -0.15) is 0 Å². The van der Waals surface area contributed by atoms with Gasteiger partial charge in [-0.1, -0.05) is 60.7 Å². The third kappa shape index (κ3) is 2.37. The normalized spacial score (nSPS) is 10.5. The zero-order valence-electron chi connectivity index (χ0n) is 9.71. The molecular formula is C14H15ClN2O. The Bertz CT molecular complexity index is 474. The number of aliphatic hydroxyl groups is 1. The summed E-state index contributed by atoms with van der Waals surface area (Å²) in [7, 11) is 0. The Morgan fingerprint density at radius 2 is 1.22 bits per heavy atom. The van der Waals surface area contributed by atoms with E-state index >= 15 is 0 Å². The summed E-state index contributed by atoms with van der Waals surface area (Å²) in [4.78, 5) is 0. The van der Waals surface area contributed by atoms with Crippen molar-refractivity contribution in [2.45, 2.75) is 5.60 Å². The van der Waals surface area contributed by atoms with Gasteiger partial charge in [-0.05, 0) is 11.1 Å². The first-order valence-corrected chi connectivity index (χ1v) is 5.33. The molecule has 0 unspecified atom stereocenters. The van der Waals surface area contributed by atoms with Gasteiger partial charge < -0.3 is 10.8 Å². The third-order valence-electron chi connectivity index (χ3n) is 2.77. The molecule has 3 nitrogen and oxygen atoms in total. The number of nitrogens with one attached hydrogen (secondary N) is 1. The van der Waals surface area contributed by atoms with E-state index in [1.807, 2.05) is 36.4 Å². The maximum atomic E-state index is 10.7. The number of halogens is 1. The largest absolute Gasteiger partial charge is 0.385 e. The van der Waals surface area contributed by atoms with Crippen LogP contribution in [0.15, 0.2) is 60.7 Å². The second-order valence-corrected chi connectivity index (χ2v) is 3.86. The van der Waals surface area contributed by atoms with Crippen molar-refractivity contribution in [3.05, 3.63) is 71.8 Å². The summed E-state index contributed by atoms with van der Waals surface area (Å²) in [5.41, 5.74) is 5.21. The first kappa shape index (κ1) is 14.2. The van der Waals surface area contributed by atoms with Crippen molar-refractivity contribution in [1.29, 1.82) is 5.41 Å². The van der Waals surface area contributed by atoms with E-state index in [1.54, 1.807) is 24.3 Å². The van der Waals surface area contributed by atoms with Gasteiger partial charge in [0.05, 0.1) is 0 Å². The minimum absolute atomic E-state index is 0. The number of rotatable bonds is 3. The standard InChI is InChI=1S/C14H14N2O.ClH/c15-13(16)14(17,11-7-3-1-4-8-11)12-9-5-2-6-10-12;/h1-10,17H,(H3,15,16);1H. The van der Waals surface area contributed by atoms with Crippen LogP contribution >= 0.6 is 12.4 Å². The van der Waals surface area contributed by atoms with Gasteiger partial charge in [0.2, 0.25) is 0 Å². The van der Waals surface area contributed by atoms with Gasteiger partial charge in [-0.25, -0.2) is 0 Å². The summed E-state index contributed by atoms with van der Waals surface area (Å²) in [5, 5.41) is 18.3. The van der Waals surface area contributed by atoms with Crippen molar-refractivity contribution in [1.82, 2.24) is 0 Å². The summed E-state index contributed by atoms with van der Waals surface area (Å²) < 4.78 is 0. The van der Waals surface area contributed by atoms with Crippen molar-refractivity contribution >= 4 is 18.2 Å². The van der Waals surface area contributed by atoms with Gasteiger partial charge in [0.15, 0.2) is 5.60 Å². The summed E-state index contributed by atoms with van der Waals surface area (Å²) in [6.07, 6.45) is 0. The Labute approximate surface area is 112 Å². The summed E-state index contributed by atoms with van der Waals surface area (Å²) in [5.74, 6) is -0.282. The van der Waals surface area contributed by atoms with E-state index in [4.69, 9.17) is 11.1 Å². The second kappa shape index (κ2) is 5.67. The molecule has 18 heavy (non-hydrogen) atoms. The average molecular weight is 263 g/mol. The van der Waals surface area contributed by atoms with Gasteiger partial charge in [-0.15, -0.1) is 12.4 Å². The van der Waals surface area contributed by atoms with E-state index in [0.29, 0.717) is 11.1 Å². The lowest BCUT2D eigenvalue weighted by Gasteiger charge is -2.27. The molecule has 0 saturated heterocycles. The molecule has 4 N–H and O–H groups in total. The fourth-order valence-corrected chi connectivity index (χ4v) is 1.84. The Balaban J connectivity index is 0.00000162. The van der Waals surface area contributed by atoms with Crippen molar-refractivity contribution in [2.75, 3.05) is 0 Å². The molecule has 0 spiro atoms. The fourth-order valence-electron chi connectivity index (χ4n) is 1.84. The predicted octanol–water partition coefficient (Wildman–Crippen LogP) is 2.28. The molecule has 94 valence electrons. The molecule has 2 aromatic rings. The van der Waals surface area contributed by atoms with Gasteiger partial charge in [-0.3, -0.25) is 5.41 Å². The van der Waals surface area contributed by atoms with Crippen LogP contribution in [-0.4, -0.2) is 10.9 Å². The molecule has 0 fully saturated rings. The predicted molar refractivity (Wildman–Crippen MR) is 75.0 cm³/mol. The Kier molecular flexibility index (Phi) is 4.48. The van der Waals surface area contributed by atoms with Crippen LogP contribution < -0.4 is 5.73 Å². The Hall–Kier alpha value is -1.84. The third-order valence-corrected chi connectivity index (χ3v) is 2.77. The van der Waals surface area contributed by atoms with Gasteiger partial charge in [0.25, 0.3) is 0 Å². The monoisotopic (exact) mass is 262 g/mol. The summed E-state index contributed by atoms with van der Waals surface area (Å²) in [6.45, 7) is 0. The zero-order chi connectivity index (χ0) is 12.3. The van der Waals surface area contributed by atoms with Gasteiger partial charge in [0.1, 0.15) is 5.84 Å². The van der Waals surface area contributed by atoms with Crippen molar-refractivity contribution in [3.8, 4) is 0 Å². The Morgan fingerprint density at radius 1 is 0.889 bits per heavy atom. The molecule has 0 amide bonds. The zero-order valence-corrected chi connectivity index (χ0v) is 10.5. The maximum Gasteiger partial charge on any atom is 0.171 e. The lowest BCUT2D eigenvalue weighted by Crippen LogP contribution is -2.41. The minimum Gasteiger partial charge on any atom is -0.385 e. The maximum absolute atomic E-state index is 10.7. The number of hydrogen-bond acceptors (Lipinski definition) is 2. The molecule has 0 atom stereocenters. The molecule has 0 radical (unpaired) electrons. The van der Waals surface area contributed by atoms with E-state index in [-0.39, 0.29) is 18.2 Å². The molecule has 4 heteroatoms. The van der Waals surface area contributed by atoms with E-state index < -0.39 is 5.60 Å². The highest BCUT2D eigenvalue weighted by atomic mass is 35.5. The lowest BCUT2D eigenvalue weighted by atomic mass is 9.85. The fraction of sp³-hybridized carbons (Fsp3) is 0.0714. The highest BCUT2D eigenvalue weighted by Crippen LogP contribution is 2.29. The van der Waals surface area contributed by atoms with Crippen molar-refractivity contribution < 1.29 is 5.11 Å². The van der Waals surface area contributed by atoms with E-state index in [0.717, 1.165) is 0 Å². The summed E-state index contributed by atoms with van der Waals surface area (Å²) in [6, 6.07) is 18.0. The van der Waals surface area contributed by atoms with Crippen molar-refractivity contribution in [3.63, 3.8) is 0 Å². The van der Waals surface area contributed by atoms with Crippen LogP contribution in [0.4, 0.5) is 0 Å². The van der Waals surface area contributed by atoms with Crippen LogP contribution in [0.2, 0.25) is 0 Å². The first-order chi connectivity index (χ1) is 8.15. The first-order valence-electron chi connectivity index (χ1n) is 5.33. The van der Waals surface area contributed by atoms with E-state index in [9.17, 15) is 5.11 Å². The van der Waals surface area contributed by atoms with Crippen LogP contribution in [-0.2, 0) is 5.60 Å². The number of hydrogen-bond donors (Lipinski definition) is 3. The minimum atomic E-state index is -1.55. The molecule has 2 aromatic carbocycles. The molecule has 0 aliphatic carbocycles. The molecule has 0 aromatic heterocycles. The van der Waals surface area contributed by atoms with Crippen LogP contribution in [0.1, 0.15) is 11.1 Å². The number of amidine groups is 1. The van der Waals surface area contributed by atoms with Crippen LogP contribution in [0.5, 0.6) is 0 Å². The SMILES string of the molecule is Cl.N=C(N)C(O)(c1ccccc1)c1ccccc1. The molecule has 2 rings (SSSR count). The highest BCUT2D eigenvalue weighted by molar-refractivity contribution is 5.90. The van der Waals surface area contributed by atoms with Crippen LogP contribution in [0.25, 0.3) is 0 Å². The molecule has 0 saturated carbocycles. The second-order valence-electron chi connectivity index (χ2n) is 3.86. The quantitative estimate of drug-likeness (QED) is 0.587. The van der Waals surface area contributed by atoms with Crippen LogP contribution in [0.3, 0.4) is 0 Å². The van der Waals surface area contributed by atoms with Gasteiger partial charge in [0, 0.05) is 0 Å². The molecular weight excluding hydrogens is 248 g/mol. The molecule has 0 aliphatic heterocycles. The number of benzene rings is 2. The summed E-state index contributed by atoms with van der Waals surface area (Å²) >= 11 is 0. The molecule has 0 heterocycles. The van der Waals surface area contributed by atoms with Gasteiger partial charge >= 0.3 is 0 Å². The van der Waals surface area contributed by atoms with Crippen molar-refractivity contribution in [2.24, 2.45) is 5.73 Å². The van der Waals surface area contributed by atoms with E-state index in [2.05, 4.69) is 0 Å². The number of nitrogens with two attached hydrogens (primary N) is 1.